The molecule has 1 saturated carbocycles. The number of aliphatic hydroxyl groups excluding tert-OH is 1. The summed E-state index contributed by atoms with van der Waals surface area (Å²) in [5.74, 6) is 1.14. The minimum atomic E-state index is 0.00972. The highest BCUT2D eigenvalue weighted by atomic mass is 32.2. The Balaban J connectivity index is 1.76. The van der Waals surface area contributed by atoms with Crippen LogP contribution >= 0.6 is 11.8 Å². The Kier molecular flexibility index (Phi) is 4.32. The molecule has 3 rings (SSSR count). The second-order valence-corrected chi connectivity index (χ2v) is 6.66. The number of benzene rings is 1. The molecule has 0 spiro atoms. The summed E-state index contributed by atoms with van der Waals surface area (Å²) in [4.78, 5) is 16.2. The Morgan fingerprint density at radius 1 is 1.35 bits per heavy atom. The van der Waals surface area contributed by atoms with Gasteiger partial charge in [0.1, 0.15) is 0 Å². The molecule has 1 unspecified atom stereocenters. The number of carbonyl (C=O) groups is 1. The summed E-state index contributed by atoms with van der Waals surface area (Å²) in [6, 6.07) is 8.66. The zero-order valence-corrected chi connectivity index (χ0v) is 12.4. The summed E-state index contributed by atoms with van der Waals surface area (Å²) >= 11 is 1.79. The van der Waals surface area contributed by atoms with Crippen molar-refractivity contribution in [2.24, 2.45) is 0 Å². The molecule has 1 N–H and O–H groups in total. The van der Waals surface area contributed by atoms with Crippen LogP contribution in [-0.2, 0) is 4.79 Å². The lowest BCUT2D eigenvalue weighted by Crippen LogP contribution is -2.47. The fourth-order valence-corrected chi connectivity index (χ4v) is 4.20. The molecule has 0 saturated heterocycles. The number of rotatable bonds is 5. The summed E-state index contributed by atoms with van der Waals surface area (Å²) in [6.07, 6.45) is 4.16. The lowest BCUT2D eigenvalue weighted by Gasteiger charge is -2.39. The van der Waals surface area contributed by atoms with Crippen LogP contribution < -0.4 is 0 Å². The van der Waals surface area contributed by atoms with Crippen molar-refractivity contribution in [2.75, 3.05) is 18.9 Å². The first-order chi connectivity index (χ1) is 9.81. The highest BCUT2D eigenvalue weighted by Gasteiger charge is 2.36. The average molecular weight is 291 g/mol. The van der Waals surface area contributed by atoms with E-state index in [0.29, 0.717) is 19.0 Å². The van der Waals surface area contributed by atoms with Crippen LogP contribution in [0.25, 0.3) is 0 Å². The van der Waals surface area contributed by atoms with Gasteiger partial charge in [-0.2, -0.15) is 0 Å². The van der Waals surface area contributed by atoms with Gasteiger partial charge in [0.2, 0.25) is 5.91 Å². The van der Waals surface area contributed by atoms with Crippen LogP contribution in [0.1, 0.15) is 37.2 Å². The molecular weight excluding hydrogens is 270 g/mol. The zero-order valence-electron chi connectivity index (χ0n) is 11.6. The van der Waals surface area contributed by atoms with E-state index < -0.39 is 0 Å². The van der Waals surface area contributed by atoms with Crippen LogP contribution in [0.3, 0.4) is 0 Å². The van der Waals surface area contributed by atoms with E-state index in [1.807, 2.05) is 17.0 Å². The number of hydrogen-bond acceptors (Lipinski definition) is 3. The van der Waals surface area contributed by atoms with Crippen LogP contribution in [0.5, 0.6) is 0 Å². The normalized spacial score (nSPS) is 21.4. The van der Waals surface area contributed by atoms with Crippen LogP contribution in [0.2, 0.25) is 0 Å². The lowest BCUT2D eigenvalue weighted by atomic mass is 9.89. The van der Waals surface area contributed by atoms with Crippen molar-refractivity contribution >= 4 is 17.7 Å². The average Bonchev–Trinajstić information content (AvgIpc) is 2.84. The molecule has 1 aliphatic carbocycles. The topological polar surface area (TPSA) is 40.5 Å². The standard InChI is InChI=1S/C16H21NO2S/c18-10-4-9-17(12-5-3-6-12)16(19)14-11-20-15-8-2-1-7-13(14)15/h1-2,7-8,12,14,18H,3-6,9-11H2. The minimum absolute atomic E-state index is 0.00972. The molecule has 1 atom stereocenters. The number of amides is 1. The van der Waals surface area contributed by atoms with E-state index in [1.165, 1.54) is 16.9 Å². The maximum atomic E-state index is 12.9. The number of hydrogen-bond donors (Lipinski definition) is 1. The quantitative estimate of drug-likeness (QED) is 0.906. The molecule has 1 amide bonds. The molecule has 1 heterocycles. The highest BCUT2D eigenvalue weighted by molar-refractivity contribution is 7.99. The highest BCUT2D eigenvalue weighted by Crippen LogP contribution is 2.41. The minimum Gasteiger partial charge on any atom is -0.396 e. The van der Waals surface area contributed by atoms with Gasteiger partial charge in [-0.05, 0) is 37.3 Å². The van der Waals surface area contributed by atoms with Crippen molar-refractivity contribution in [1.29, 1.82) is 0 Å². The number of fused-ring (bicyclic) bond motifs is 1. The molecule has 4 heteroatoms. The summed E-state index contributed by atoms with van der Waals surface area (Å²) in [5, 5.41) is 9.05. The zero-order chi connectivity index (χ0) is 13.9. The number of aliphatic hydroxyl groups is 1. The predicted molar refractivity (Wildman–Crippen MR) is 81.0 cm³/mol. The molecule has 3 nitrogen and oxygen atoms in total. The molecule has 108 valence electrons. The second-order valence-electron chi connectivity index (χ2n) is 5.59. The van der Waals surface area contributed by atoms with Crippen LogP contribution in [-0.4, -0.2) is 40.9 Å². The predicted octanol–water partition coefficient (Wildman–Crippen LogP) is 2.64. The number of carbonyl (C=O) groups excluding carboxylic acids is 1. The summed E-state index contributed by atoms with van der Waals surface area (Å²) in [7, 11) is 0. The lowest BCUT2D eigenvalue weighted by molar-refractivity contribution is -0.136. The first-order valence-electron chi connectivity index (χ1n) is 7.44. The van der Waals surface area contributed by atoms with Crippen LogP contribution in [0, 0.1) is 0 Å². The van der Waals surface area contributed by atoms with E-state index >= 15 is 0 Å². The van der Waals surface area contributed by atoms with Gasteiger partial charge in [-0.3, -0.25) is 4.79 Å². The smallest absolute Gasteiger partial charge is 0.231 e. The Bertz CT molecular complexity index is 487. The number of thioether (sulfide) groups is 1. The van der Waals surface area contributed by atoms with Crippen LogP contribution in [0.15, 0.2) is 29.2 Å². The van der Waals surface area contributed by atoms with Crippen LogP contribution in [0.4, 0.5) is 0 Å². The Morgan fingerprint density at radius 2 is 2.15 bits per heavy atom. The van der Waals surface area contributed by atoms with Gasteiger partial charge in [-0.25, -0.2) is 0 Å². The third-order valence-corrected chi connectivity index (χ3v) is 5.54. The van der Waals surface area contributed by atoms with E-state index in [4.69, 9.17) is 5.11 Å². The van der Waals surface area contributed by atoms with Gasteiger partial charge < -0.3 is 10.0 Å². The molecule has 20 heavy (non-hydrogen) atoms. The second kappa shape index (κ2) is 6.19. The molecule has 0 bridgehead atoms. The largest absolute Gasteiger partial charge is 0.396 e. The first-order valence-corrected chi connectivity index (χ1v) is 8.43. The SMILES string of the molecule is O=C(C1CSc2ccccc21)N(CCCO)C1CCC1. The third-order valence-electron chi connectivity index (χ3n) is 4.35. The van der Waals surface area contributed by atoms with Crippen molar-refractivity contribution < 1.29 is 9.90 Å². The first kappa shape index (κ1) is 14.0. The van der Waals surface area contributed by atoms with Gasteiger partial charge in [0.05, 0.1) is 5.92 Å². The maximum absolute atomic E-state index is 12.9. The van der Waals surface area contributed by atoms with E-state index in [0.717, 1.165) is 18.6 Å². The Morgan fingerprint density at radius 3 is 2.85 bits per heavy atom. The van der Waals surface area contributed by atoms with Crippen molar-refractivity contribution in [2.45, 2.75) is 42.5 Å². The summed E-state index contributed by atoms with van der Waals surface area (Å²) < 4.78 is 0. The van der Waals surface area contributed by atoms with Crippen molar-refractivity contribution in [3.05, 3.63) is 29.8 Å². The fourth-order valence-electron chi connectivity index (χ4n) is 2.98. The maximum Gasteiger partial charge on any atom is 0.231 e. The van der Waals surface area contributed by atoms with E-state index in [2.05, 4.69) is 12.1 Å². The van der Waals surface area contributed by atoms with Crippen molar-refractivity contribution in [3.63, 3.8) is 0 Å². The van der Waals surface area contributed by atoms with E-state index in [1.54, 1.807) is 11.8 Å². The van der Waals surface area contributed by atoms with E-state index in [9.17, 15) is 4.79 Å². The molecule has 0 aromatic heterocycles. The molecule has 1 fully saturated rings. The molecule has 1 aromatic rings. The van der Waals surface area contributed by atoms with Gasteiger partial charge in [0.15, 0.2) is 0 Å². The van der Waals surface area contributed by atoms with Gasteiger partial charge in [0.25, 0.3) is 0 Å². The van der Waals surface area contributed by atoms with Gasteiger partial charge in [-0.15, -0.1) is 11.8 Å². The van der Waals surface area contributed by atoms with Crippen molar-refractivity contribution in [1.82, 2.24) is 4.90 Å². The van der Waals surface area contributed by atoms with Gasteiger partial charge in [0, 0.05) is 29.8 Å². The summed E-state index contributed by atoms with van der Waals surface area (Å²) in [6.45, 7) is 0.857. The molecule has 1 aliphatic heterocycles. The van der Waals surface area contributed by atoms with Gasteiger partial charge in [-0.1, -0.05) is 18.2 Å². The molecular formula is C16H21NO2S. The molecule has 0 radical (unpaired) electrons. The Labute approximate surface area is 124 Å². The fraction of sp³-hybridized carbons (Fsp3) is 0.562. The molecule has 2 aliphatic rings. The number of nitrogens with zero attached hydrogens (tertiary/aromatic N) is 1. The van der Waals surface area contributed by atoms with Gasteiger partial charge >= 0.3 is 0 Å². The monoisotopic (exact) mass is 291 g/mol. The van der Waals surface area contributed by atoms with Crippen molar-refractivity contribution in [3.8, 4) is 0 Å². The Hall–Kier alpha value is -1.00. The van der Waals surface area contributed by atoms with E-state index in [-0.39, 0.29) is 18.4 Å². The third kappa shape index (κ3) is 2.59. The summed E-state index contributed by atoms with van der Waals surface area (Å²) in [5.41, 5.74) is 1.19. The molecule has 1 aromatic carbocycles.